The topological polar surface area (TPSA) is 61.4 Å². The summed E-state index contributed by atoms with van der Waals surface area (Å²) in [4.78, 5) is 11.9. The summed E-state index contributed by atoms with van der Waals surface area (Å²) >= 11 is 3.41. The fourth-order valence-electron chi connectivity index (χ4n) is 2.01. The molecule has 1 atom stereocenters. The number of amides is 2. The summed E-state index contributed by atoms with van der Waals surface area (Å²) in [5, 5.41) is 14.3. The highest BCUT2D eigenvalue weighted by Crippen LogP contribution is 2.23. The van der Waals surface area contributed by atoms with Crippen LogP contribution in [0.25, 0.3) is 0 Å². The van der Waals surface area contributed by atoms with E-state index in [-0.39, 0.29) is 25.2 Å². The third-order valence-corrected chi connectivity index (χ3v) is 3.54. The minimum Gasteiger partial charge on any atom is -0.395 e. The number of halogens is 1. The highest BCUT2D eigenvalue weighted by Gasteiger charge is 2.16. The number of benzene rings is 2. The van der Waals surface area contributed by atoms with E-state index in [9.17, 15) is 4.79 Å². The van der Waals surface area contributed by atoms with Crippen molar-refractivity contribution >= 4 is 22.0 Å². The molecule has 21 heavy (non-hydrogen) atoms. The summed E-state index contributed by atoms with van der Waals surface area (Å²) in [6.45, 7) is 0.148. The van der Waals surface area contributed by atoms with Gasteiger partial charge in [-0.1, -0.05) is 58.4 Å². The smallest absolute Gasteiger partial charge is 0.315 e. The van der Waals surface area contributed by atoms with Gasteiger partial charge in [-0.15, -0.1) is 0 Å². The molecule has 0 radical (unpaired) electrons. The average molecular weight is 349 g/mol. The number of rotatable bonds is 5. The highest BCUT2D eigenvalue weighted by molar-refractivity contribution is 9.10. The lowest BCUT2D eigenvalue weighted by Gasteiger charge is -2.20. The molecule has 2 aromatic carbocycles. The van der Waals surface area contributed by atoms with Gasteiger partial charge >= 0.3 is 6.03 Å². The van der Waals surface area contributed by atoms with Gasteiger partial charge in [-0.3, -0.25) is 0 Å². The molecule has 2 aromatic rings. The molecule has 1 unspecified atom stereocenters. The maximum atomic E-state index is 11.9. The molecule has 5 heteroatoms. The van der Waals surface area contributed by atoms with E-state index in [1.807, 2.05) is 54.6 Å². The van der Waals surface area contributed by atoms with Crippen LogP contribution in [-0.4, -0.2) is 24.3 Å². The first-order valence-electron chi connectivity index (χ1n) is 6.66. The van der Waals surface area contributed by atoms with Crippen molar-refractivity contribution in [2.45, 2.75) is 6.04 Å². The molecule has 3 N–H and O–H groups in total. The first kappa shape index (κ1) is 15.5. The molecule has 0 heterocycles. The molecule has 0 spiro atoms. The van der Waals surface area contributed by atoms with Crippen LogP contribution >= 0.6 is 15.9 Å². The van der Waals surface area contributed by atoms with Crippen LogP contribution < -0.4 is 10.6 Å². The molecule has 110 valence electrons. The van der Waals surface area contributed by atoms with Crippen molar-refractivity contribution in [2.75, 3.05) is 13.2 Å². The maximum absolute atomic E-state index is 11.9. The molecule has 0 aliphatic rings. The second-order valence-electron chi connectivity index (χ2n) is 4.52. The predicted molar refractivity (Wildman–Crippen MR) is 86.0 cm³/mol. The zero-order valence-electron chi connectivity index (χ0n) is 11.4. The molecule has 0 aliphatic heterocycles. The lowest BCUT2D eigenvalue weighted by atomic mass is 9.99. The number of hydrogen-bond acceptors (Lipinski definition) is 2. The third kappa shape index (κ3) is 4.58. The fourth-order valence-corrected chi connectivity index (χ4v) is 2.28. The summed E-state index contributed by atoms with van der Waals surface area (Å²) < 4.78 is 0.989. The maximum Gasteiger partial charge on any atom is 0.315 e. The van der Waals surface area contributed by atoms with Crippen LogP contribution in [0.5, 0.6) is 0 Å². The van der Waals surface area contributed by atoms with Gasteiger partial charge in [0.25, 0.3) is 0 Å². The van der Waals surface area contributed by atoms with Crippen molar-refractivity contribution < 1.29 is 9.90 Å². The Hall–Kier alpha value is -1.85. The van der Waals surface area contributed by atoms with E-state index in [0.29, 0.717) is 0 Å². The van der Waals surface area contributed by atoms with E-state index >= 15 is 0 Å². The lowest BCUT2D eigenvalue weighted by Crippen LogP contribution is -2.39. The minimum atomic E-state index is -0.305. The van der Waals surface area contributed by atoms with E-state index in [0.717, 1.165) is 15.6 Å². The Morgan fingerprint density at radius 2 is 1.67 bits per heavy atom. The molecule has 2 rings (SSSR count). The highest BCUT2D eigenvalue weighted by atomic mass is 79.9. The van der Waals surface area contributed by atoms with Crippen LogP contribution in [0.1, 0.15) is 17.2 Å². The lowest BCUT2D eigenvalue weighted by molar-refractivity contribution is 0.232. The average Bonchev–Trinajstić information content (AvgIpc) is 2.52. The van der Waals surface area contributed by atoms with Crippen LogP contribution in [0, 0.1) is 0 Å². The van der Waals surface area contributed by atoms with Gasteiger partial charge in [-0.05, 0) is 23.3 Å². The Morgan fingerprint density at radius 1 is 1.05 bits per heavy atom. The second-order valence-corrected chi connectivity index (χ2v) is 5.43. The van der Waals surface area contributed by atoms with Crippen molar-refractivity contribution in [1.82, 2.24) is 10.6 Å². The van der Waals surface area contributed by atoms with Crippen LogP contribution in [0.2, 0.25) is 0 Å². The van der Waals surface area contributed by atoms with Gasteiger partial charge in [-0.25, -0.2) is 4.79 Å². The number of carbonyl (C=O) groups excluding carboxylic acids is 1. The minimum absolute atomic E-state index is 0.0816. The fraction of sp³-hybridized carbons (Fsp3) is 0.188. The molecule has 4 nitrogen and oxygen atoms in total. The Kier molecular flexibility index (Phi) is 5.78. The van der Waals surface area contributed by atoms with Crippen LogP contribution in [-0.2, 0) is 0 Å². The Balaban J connectivity index is 2.22. The number of nitrogens with one attached hydrogen (secondary N) is 2. The Labute approximate surface area is 132 Å². The Bertz CT molecular complexity index is 573. The van der Waals surface area contributed by atoms with Crippen molar-refractivity contribution in [2.24, 2.45) is 0 Å². The Morgan fingerprint density at radius 3 is 2.29 bits per heavy atom. The van der Waals surface area contributed by atoms with Gasteiger partial charge < -0.3 is 15.7 Å². The molecule has 0 aliphatic carbocycles. The first-order chi connectivity index (χ1) is 10.2. The SMILES string of the molecule is O=C(NCCO)NC(c1ccccc1)c1ccc(Br)cc1. The molecule has 0 saturated carbocycles. The van der Waals surface area contributed by atoms with E-state index in [4.69, 9.17) is 5.11 Å². The van der Waals surface area contributed by atoms with Crippen molar-refractivity contribution in [1.29, 1.82) is 0 Å². The van der Waals surface area contributed by atoms with Crippen molar-refractivity contribution in [3.63, 3.8) is 0 Å². The summed E-state index contributed by atoms with van der Waals surface area (Å²) in [5.41, 5.74) is 1.99. The zero-order chi connectivity index (χ0) is 15.1. The van der Waals surface area contributed by atoms with Gasteiger partial charge in [0.2, 0.25) is 0 Å². The van der Waals surface area contributed by atoms with Gasteiger partial charge in [-0.2, -0.15) is 0 Å². The summed E-state index contributed by atoms with van der Waals surface area (Å²) in [6.07, 6.45) is 0. The normalized spacial score (nSPS) is 11.7. The number of carbonyl (C=O) groups is 1. The molecule has 0 fully saturated rings. The number of hydrogen-bond donors (Lipinski definition) is 3. The number of urea groups is 1. The van der Waals surface area contributed by atoms with Crippen LogP contribution in [0.15, 0.2) is 59.1 Å². The van der Waals surface area contributed by atoms with E-state index in [2.05, 4.69) is 26.6 Å². The summed E-state index contributed by atoms with van der Waals surface area (Å²) in [5.74, 6) is 0. The second kappa shape index (κ2) is 7.81. The standard InChI is InChI=1S/C16H17BrN2O2/c17-14-8-6-13(7-9-14)15(12-4-2-1-3-5-12)19-16(21)18-10-11-20/h1-9,15,20H,10-11H2,(H2,18,19,21). The molecule has 0 saturated heterocycles. The molecule has 0 bridgehead atoms. The largest absolute Gasteiger partial charge is 0.395 e. The molecular formula is C16H17BrN2O2. The van der Waals surface area contributed by atoms with Gasteiger partial charge in [0.05, 0.1) is 12.6 Å². The summed E-state index contributed by atoms with van der Waals surface area (Å²) in [6, 6.07) is 17.0. The molecule has 0 aromatic heterocycles. The third-order valence-electron chi connectivity index (χ3n) is 3.01. The predicted octanol–water partition coefficient (Wildman–Crippen LogP) is 2.83. The first-order valence-corrected chi connectivity index (χ1v) is 7.45. The van der Waals surface area contributed by atoms with Gasteiger partial charge in [0.1, 0.15) is 0 Å². The van der Waals surface area contributed by atoms with E-state index in [1.54, 1.807) is 0 Å². The van der Waals surface area contributed by atoms with Crippen molar-refractivity contribution in [3.8, 4) is 0 Å². The van der Waals surface area contributed by atoms with Gasteiger partial charge in [0.15, 0.2) is 0 Å². The molecule has 2 amide bonds. The van der Waals surface area contributed by atoms with Crippen LogP contribution in [0.3, 0.4) is 0 Å². The van der Waals surface area contributed by atoms with Crippen molar-refractivity contribution in [3.05, 3.63) is 70.2 Å². The van der Waals surface area contributed by atoms with Crippen LogP contribution in [0.4, 0.5) is 4.79 Å². The number of aliphatic hydroxyl groups excluding tert-OH is 1. The molecular weight excluding hydrogens is 332 g/mol. The monoisotopic (exact) mass is 348 g/mol. The quantitative estimate of drug-likeness (QED) is 0.777. The zero-order valence-corrected chi connectivity index (χ0v) is 13.0. The van der Waals surface area contributed by atoms with E-state index in [1.165, 1.54) is 0 Å². The number of aliphatic hydroxyl groups is 1. The summed E-state index contributed by atoms with van der Waals surface area (Å²) in [7, 11) is 0. The van der Waals surface area contributed by atoms with Gasteiger partial charge in [0, 0.05) is 11.0 Å². The van der Waals surface area contributed by atoms with E-state index < -0.39 is 0 Å².